The molecule has 1 saturated heterocycles. The SMILES string of the molecule is CCN(CC)C(=O)c1ccc(NC(=O)[C@H]2CC(=O)N(c3ccccc3F)C2)cc1. The lowest BCUT2D eigenvalue weighted by Crippen LogP contribution is -2.30. The summed E-state index contributed by atoms with van der Waals surface area (Å²) in [4.78, 5) is 40.2. The van der Waals surface area contributed by atoms with E-state index in [1.165, 1.54) is 17.0 Å². The van der Waals surface area contributed by atoms with Crippen LogP contribution in [0.15, 0.2) is 48.5 Å². The first-order valence-electron chi connectivity index (χ1n) is 9.69. The standard InChI is InChI=1S/C22H24FN3O3/c1-3-25(4-2)22(29)15-9-11-17(12-10-15)24-21(28)16-13-20(27)26(14-16)19-8-6-5-7-18(19)23/h5-12,16H,3-4,13-14H2,1-2H3,(H,24,28)/t16-/m0/s1. The molecule has 7 heteroatoms. The summed E-state index contributed by atoms with van der Waals surface area (Å²) in [6, 6.07) is 12.7. The fourth-order valence-corrected chi connectivity index (χ4v) is 3.42. The lowest BCUT2D eigenvalue weighted by atomic mass is 10.1. The van der Waals surface area contributed by atoms with Gasteiger partial charge in [-0.15, -0.1) is 0 Å². The van der Waals surface area contributed by atoms with Crippen LogP contribution in [0.3, 0.4) is 0 Å². The molecule has 152 valence electrons. The van der Waals surface area contributed by atoms with Gasteiger partial charge in [0.15, 0.2) is 0 Å². The van der Waals surface area contributed by atoms with Gasteiger partial charge in [0.05, 0.1) is 11.6 Å². The Kier molecular flexibility index (Phi) is 6.26. The van der Waals surface area contributed by atoms with Gasteiger partial charge in [0.1, 0.15) is 5.82 Å². The van der Waals surface area contributed by atoms with Crippen molar-refractivity contribution in [2.45, 2.75) is 20.3 Å². The summed E-state index contributed by atoms with van der Waals surface area (Å²) in [7, 11) is 0. The van der Waals surface area contributed by atoms with Crippen LogP contribution in [0.25, 0.3) is 0 Å². The Labute approximate surface area is 169 Å². The first-order valence-corrected chi connectivity index (χ1v) is 9.69. The van der Waals surface area contributed by atoms with Crippen LogP contribution in [0.4, 0.5) is 15.8 Å². The van der Waals surface area contributed by atoms with E-state index in [4.69, 9.17) is 0 Å². The predicted octanol–water partition coefficient (Wildman–Crippen LogP) is 3.30. The monoisotopic (exact) mass is 397 g/mol. The molecule has 3 amide bonds. The second-order valence-corrected chi connectivity index (χ2v) is 6.90. The number of hydrogen-bond donors (Lipinski definition) is 1. The number of para-hydroxylation sites is 1. The Morgan fingerprint density at radius 2 is 1.76 bits per heavy atom. The molecule has 0 radical (unpaired) electrons. The van der Waals surface area contributed by atoms with Crippen molar-refractivity contribution in [3.8, 4) is 0 Å². The zero-order valence-electron chi connectivity index (χ0n) is 16.5. The van der Waals surface area contributed by atoms with Gasteiger partial charge in [-0.25, -0.2) is 4.39 Å². The summed E-state index contributed by atoms with van der Waals surface area (Å²) >= 11 is 0. The van der Waals surface area contributed by atoms with Crippen molar-refractivity contribution < 1.29 is 18.8 Å². The molecule has 2 aromatic rings. The maximum Gasteiger partial charge on any atom is 0.253 e. The number of halogens is 1. The predicted molar refractivity (Wildman–Crippen MR) is 109 cm³/mol. The molecule has 1 N–H and O–H groups in total. The first kappa shape index (κ1) is 20.5. The van der Waals surface area contributed by atoms with Crippen LogP contribution in [0.5, 0.6) is 0 Å². The summed E-state index contributed by atoms with van der Waals surface area (Å²) in [5.74, 6) is -1.71. The summed E-state index contributed by atoms with van der Waals surface area (Å²) < 4.78 is 14.0. The van der Waals surface area contributed by atoms with Gasteiger partial charge in [-0.2, -0.15) is 0 Å². The second kappa shape index (κ2) is 8.86. The maximum absolute atomic E-state index is 14.0. The van der Waals surface area contributed by atoms with E-state index in [2.05, 4.69) is 5.32 Å². The van der Waals surface area contributed by atoms with Crippen molar-refractivity contribution in [2.24, 2.45) is 5.92 Å². The zero-order valence-corrected chi connectivity index (χ0v) is 16.5. The highest BCUT2D eigenvalue weighted by Crippen LogP contribution is 2.28. The Hall–Kier alpha value is -3.22. The van der Waals surface area contributed by atoms with Gasteiger partial charge in [0, 0.05) is 37.3 Å². The van der Waals surface area contributed by atoms with E-state index in [1.807, 2.05) is 13.8 Å². The zero-order chi connectivity index (χ0) is 21.0. The van der Waals surface area contributed by atoms with Crippen LogP contribution in [-0.2, 0) is 9.59 Å². The molecule has 0 aromatic heterocycles. The van der Waals surface area contributed by atoms with Crippen molar-refractivity contribution in [3.05, 3.63) is 59.9 Å². The van der Waals surface area contributed by atoms with Gasteiger partial charge >= 0.3 is 0 Å². The molecule has 0 saturated carbocycles. The second-order valence-electron chi connectivity index (χ2n) is 6.90. The molecule has 1 atom stereocenters. The van der Waals surface area contributed by atoms with E-state index >= 15 is 0 Å². The number of benzene rings is 2. The van der Waals surface area contributed by atoms with Crippen molar-refractivity contribution in [1.82, 2.24) is 4.90 Å². The third-order valence-electron chi connectivity index (χ3n) is 5.09. The third-order valence-corrected chi connectivity index (χ3v) is 5.09. The number of nitrogens with zero attached hydrogens (tertiary/aromatic N) is 2. The minimum Gasteiger partial charge on any atom is -0.339 e. The molecule has 0 spiro atoms. The van der Waals surface area contributed by atoms with Crippen LogP contribution in [0, 0.1) is 11.7 Å². The van der Waals surface area contributed by atoms with Crippen molar-refractivity contribution in [2.75, 3.05) is 29.9 Å². The van der Waals surface area contributed by atoms with E-state index in [0.29, 0.717) is 24.3 Å². The van der Waals surface area contributed by atoms with Crippen LogP contribution in [-0.4, -0.2) is 42.3 Å². The van der Waals surface area contributed by atoms with Crippen molar-refractivity contribution in [3.63, 3.8) is 0 Å². The van der Waals surface area contributed by atoms with E-state index in [-0.39, 0.29) is 36.4 Å². The topological polar surface area (TPSA) is 69.7 Å². The Bertz CT molecular complexity index is 910. The maximum atomic E-state index is 14.0. The van der Waals surface area contributed by atoms with E-state index < -0.39 is 11.7 Å². The quantitative estimate of drug-likeness (QED) is 0.813. The molecule has 3 rings (SSSR count). The van der Waals surface area contributed by atoms with Crippen molar-refractivity contribution >= 4 is 29.1 Å². The van der Waals surface area contributed by atoms with Gasteiger partial charge in [0.2, 0.25) is 11.8 Å². The highest BCUT2D eigenvalue weighted by Gasteiger charge is 2.36. The summed E-state index contributed by atoms with van der Waals surface area (Å²) in [5.41, 5.74) is 1.28. The summed E-state index contributed by atoms with van der Waals surface area (Å²) in [6.45, 7) is 5.22. The number of anilines is 2. The van der Waals surface area contributed by atoms with Gasteiger partial charge in [0.25, 0.3) is 5.91 Å². The third kappa shape index (κ3) is 4.45. The Morgan fingerprint density at radius 1 is 1.10 bits per heavy atom. The van der Waals surface area contributed by atoms with Gasteiger partial charge in [-0.05, 0) is 50.2 Å². The van der Waals surface area contributed by atoms with E-state index in [9.17, 15) is 18.8 Å². The fourth-order valence-electron chi connectivity index (χ4n) is 3.42. The number of carbonyl (C=O) groups excluding carboxylic acids is 3. The molecule has 0 bridgehead atoms. The molecule has 0 unspecified atom stereocenters. The largest absolute Gasteiger partial charge is 0.339 e. The summed E-state index contributed by atoms with van der Waals surface area (Å²) in [6.07, 6.45) is 0.0265. The smallest absolute Gasteiger partial charge is 0.253 e. The lowest BCUT2D eigenvalue weighted by Gasteiger charge is -2.19. The first-order chi connectivity index (χ1) is 13.9. The average Bonchev–Trinajstić information content (AvgIpc) is 3.11. The van der Waals surface area contributed by atoms with Crippen LogP contribution in [0.1, 0.15) is 30.6 Å². The molecule has 1 fully saturated rings. The molecule has 29 heavy (non-hydrogen) atoms. The average molecular weight is 397 g/mol. The normalized spacial score (nSPS) is 16.0. The van der Waals surface area contributed by atoms with E-state index in [0.717, 1.165) is 0 Å². The molecule has 1 aliphatic rings. The number of amides is 3. The van der Waals surface area contributed by atoms with Gasteiger partial charge in [-0.3, -0.25) is 14.4 Å². The van der Waals surface area contributed by atoms with Gasteiger partial charge in [-0.1, -0.05) is 12.1 Å². The number of rotatable bonds is 6. The minimum absolute atomic E-state index is 0.0265. The van der Waals surface area contributed by atoms with Crippen molar-refractivity contribution in [1.29, 1.82) is 0 Å². The molecule has 0 aliphatic carbocycles. The number of nitrogens with one attached hydrogen (secondary N) is 1. The molecule has 1 heterocycles. The number of carbonyl (C=O) groups is 3. The van der Waals surface area contributed by atoms with Crippen LogP contribution >= 0.6 is 0 Å². The van der Waals surface area contributed by atoms with Crippen LogP contribution < -0.4 is 10.2 Å². The molecular weight excluding hydrogens is 373 g/mol. The molecule has 6 nitrogen and oxygen atoms in total. The Morgan fingerprint density at radius 3 is 2.38 bits per heavy atom. The lowest BCUT2D eigenvalue weighted by molar-refractivity contribution is -0.122. The van der Waals surface area contributed by atoms with Crippen LogP contribution in [0.2, 0.25) is 0 Å². The fraction of sp³-hybridized carbons (Fsp3) is 0.318. The number of hydrogen-bond acceptors (Lipinski definition) is 3. The van der Waals surface area contributed by atoms with Gasteiger partial charge < -0.3 is 15.1 Å². The Balaban J connectivity index is 1.64. The van der Waals surface area contributed by atoms with E-state index in [1.54, 1.807) is 41.3 Å². The highest BCUT2D eigenvalue weighted by molar-refractivity contribution is 6.03. The minimum atomic E-state index is -0.570. The molecule has 1 aliphatic heterocycles. The molecule has 2 aromatic carbocycles. The highest BCUT2D eigenvalue weighted by atomic mass is 19.1. The summed E-state index contributed by atoms with van der Waals surface area (Å²) in [5, 5.41) is 2.78. The molecular formula is C22H24FN3O3.